The molecule has 31 heavy (non-hydrogen) atoms. The Bertz CT molecular complexity index is 1190. The van der Waals surface area contributed by atoms with Crippen LogP contribution >= 0.6 is 23.1 Å². The SMILES string of the molecule is COc1ccc(C)c2sc(N(Cc3ccccn3)C(=O)Cc3ccc(SC)cc3)nc12. The molecule has 158 valence electrons. The lowest BCUT2D eigenvalue weighted by molar-refractivity contribution is -0.118. The van der Waals surface area contributed by atoms with Gasteiger partial charge >= 0.3 is 0 Å². The molecule has 2 heterocycles. The highest BCUT2D eigenvalue weighted by Gasteiger charge is 2.22. The van der Waals surface area contributed by atoms with Gasteiger partial charge in [0.2, 0.25) is 5.91 Å². The molecule has 0 aliphatic heterocycles. The normalized spacial score (nSPS) is 10.9. The topological polar surface area (TPSA) is 55.3 Å². The highest BCUT2D eigenvalue weighted by Crippen LogP contribution is 2.37. The lowest BCUT2D eigenvalue weighted by atomic mass is 10.1. The summed E-state index contributed by atoms with van der Waals surface area (Å²) in [6, 6.07) is 17.8. The lowest BCUT2D eigenvalue weighted by Crippen LogP contribution is -2.32. The van der Waals surface area contributed by atoms with Crippen molar-refractivity contribution < 1.29 is 9.53 Å². The van der Waals surface area contributed by atoms with Gasteiger partial charge in [-0.25, -0.2) is 4.98 Å². The van der Waals surface area contributed by atoms with E-state index in [0.717, 1.165) is 27.0 Å². The summed E-state index contributed by atoms with van der Waals surface area (Å²) in [5, 5.41) is 0.652. The van der Waals surface area contributed by atoms with Crippen molar-refractivity contribution in [2.75, 3.05) is 18.3 Å². The average molecular weight is 450 g/mol. The lowest BCUT2D eigenvalue weighted by Gasteiger charge is -2.19. The summed E-state index contributed by atoms with van der Waals surface area (Å²) in [6.07, 6.45) is 4.08. The number of aromatic nitrogens is 2. The van der Waals surface area contributed by atoms with Crippen LogP contribution in [0.1, 0.15) is 16.8 Å². The number of hydrogen-bond donors (Lipinski definition) is 0. The van der Waals surface area contributed by atoms with Gasteiger partial charge in [0, 0.05) is 11.1 Å². The van der Waals surface area contributed by atoms with Crippen molar-refractivity contribution in [2.45, 2.75) is 24.8 Å². The minimum Gasteiger partial charge on any atom is -0.494 e. The highest BCUT2D eigenvalue weighted by atomic mass is 32.2. The number of nitrogens with zero attached hydrogens (tertiary/aromatic N) is 3. The van der Waals surface area contributed by atoms with Crippen LogP contribution in [0.25, 0.3) is 10.2 Å². The molecule has 2 aromatic heterocycles. The standard InChI is InChI=1S/C24H23N3O2S2/c1-16-7-12-20(29-2)22-23(16)31-24(26-22)27(15-18-6-4-5-13-25-18)21(28)14-17-8-10-19(30-3)11-9-17/h4-13H,14-15H2,1-3H3. The second-order valence-electron chi connectivity index (χ2n) is 7.08. The third kappa shape index (κ3) is 4.73. The Morgan fingerprint density at radius 1 is 1.13 bits per heavy atom. The molecule has 1 amide bonds. The van der Waals surface area contributed by atoms with E-state index in [1.54, 1.807) is 30.0 Å². The van der Waals surface area contributed by atoms with Gasteiger partial charge in [0.15, 0.2) is 5.13 Å². The van der Waals surface area contributed by atoms with Gasteiger partial charge in [0.1, 0.15) is 11.3 Å². The molecule has 0 fully saturated rings. The first-order chi connectivity index (χ1) is 15.1. The second kappa shape index (κ2) is 9.49. The van der Waals surface area contributed by atoms with Crippen LogP contribution in [0.3, 0.4) is 0 Å². The van der Waals surface area contributed by atoms with E-state index in [4.69, 9.17) is 9.72 Å². The van der Waals surface area contributed by atoms with Crippen molar-refractivity contribution >= 4 is 44.4 Å². The first-order valence-corrected chi connectivity index (χ1v) is 11.9. The summed E-state index contributed by atoms with van der Waals surface area (Å²) in [5.74, 6) is 0.694. The number of benzene rings is 2. The maximum Gasteiger partial charge on any atom is 0.233 e. The number of aryl methyl sites for hydroxylation is 1. The van der Waals surface area contributed by atoms with Crippen LogP contribution < -0.4 is 9.64 Å². The first kappa shape index (κ1) is 21.3. The third-order valence-corrected chi connectivity index (χ3v) is 6.96. The molecule has 0 N–H and O–H groups in total. The number of anilines is 1. The van der Waals surface area contributed by atoms with E-state index in [-0.39, 0.29) is 5.91 Å². The van der Waals surface area contributed by atoms with Gasteiger partial charge in [-0.1, -0.05) is 35.6 Å². The molecular weight excluding hydrogens is 426 g/mol. The molecule has 7 heteroatoms. The van der Waals surface area contributed by atoms with Gasteiger partial charge in [-0.2, -0.15) is 0 Å². The maximum atomic E-state index is 13.4. The molecular formula is C24H23N3O2S2. The molecule has 0 saturated heterocycles. The van der Waals surface area contributed by atoms with E-state index in [9.17, 15) is 4.79 Å². The molecule has 4 rings (SSSR count). The van der Waals surface area contributed by atoms with E-state index in [1.807, 2.05) is 67.8 Å². The van der Waals surface area contributed by atoms with E-state index in [1.165, 1.54) is 16.2 Å². The summed E-state index contributed by atoms with van der Waals surface area (Å²) in [4.78, 5) is 25.5. The van der Waals surface area contributed by atoms with E-state index < -0.39 is 0 Å². The fourth-order valence-corrected chi connectivity index (χ4v) is 4.78. The molecule has 0 saturated carbocycles. The van der Waals surface area contributed by atoms with E-state index in [0.29, 0.717) is 23.8 Å². The second-order valence-corrected chi connectivity index (χ2v) is 8.94. The van der Waals surface area contributed by atoms with Crippen LogP contribution in [0.15, 0.2) is 65.7 Å². The van der Waals surface area contributed by atoms with Gasteiger partial charge in [0.25, 0.3) is 0 Å². The summed E-state index contributed by atoms with van der Waals surface area (Å²) in [5.41, 5.74) is 3.68. The predicted octanol–water partition coefficient (Wildman–Crippen LogP) is 5.51. The number of fused-ring (bicyclic) bond motifs is 1. The largest absolute Gasteiger partial charge is 0.494 e. The average Bonchev–Trinajstić information content (AvgIpc) is 3.25. The molecule has 0 bridgehead atoms. The van der Waals surface area contributed by atoms with Gasteiger partial charge in [-0.15, -0.1) is 11.8 Å². The minimum atomic E-state index is -0.0155. The smallest absolute Gasteiger partial charge is 0.233 e. The van der Waals surface area contributed by atoms with Crippen LogP contribution in [0.5, 0.6) is 5.75 Å². The fraction of sp³-hybridized carbons (Fsp3) is 0.208. The van der Waals surface area contributed by atoms with Crippen LogP contribution in [0.2, 0.25) is 0 Å². The van der Waals surface area contributed by atoms with Crippen molar-refractivity contribution in [3.8, 4) is 5.75 Å². The van der Waals surface area contributed by atoms with Crippen molar-refractivity contribution in [3.05, 3.63) is 77.6 Å². The number of carbonyl (C=O) groups is 1. The molecule has 0 aliphatic carbocycles. The zero-order valence-electron chi connectivity index (χ0n) is 17.7. The Morgan fingerprint density at radius 3 is 2.61 bits per heavy atom. The summed E-state index contributed by atoms with van der Waals surface area (Å²) in [6.45, 7) is 2.41. The van der Waals surface area contributed by atoms with Crippen LogP contribution in [-0.2, 0) is 17.8 Å². The number of pyridine rings is 1. The molecule has 0 unspecified atom stereocenters. The summed E-state index contributed by atoms with van der Waals surface area (Å²) >= 11 is 3.19. The van der Waals surface area contributed by atoms with Crippen LogP contribution in [0.4, 0.5) is 5.13 Å². The summed E-state index contributed by atoms with van der Waals surface area (Å²) in [7, 11) is 1.64. The Morgan fingerprint density at radius 2 is 1.94 bits per heavy atom. The molecule has 2 aromatic carbocycles. The molecule has 0 atom stereocenters. The number of rotatable bonds is 7. The van der Waals surface area contributed by atoms with Crippen molar-refractivity contribution in [1.29, 1.82) is 0 Å². The molecule has 0 radical (unpaired) electrons. The monoisotopic (exact) mass is 449 g/mol. The number of thioether (sulfide) groups is 1. The highest BCUT2D eigenvalue weighted by molar-refractivity contribution is 7.98. The Kier molecular flexibility index (Phi) is 6.53. The molecule has 5 nitrogen and oxygen atoms in total. The van der Waals surface area contributed by atoms with E-state index in [2.05, 4.69) is 4.98 Å². The zero-order chi connectivity index (χ0) is 21.8. The molecule has 0 aliphatic rings. The number of hydrogen-bond acceptors (Lipinski definition) is 6. The Hall–Kier alpha value is -2.90. The number of methoxy groups -OCH3 is 1. The Balaban J connectivity index is 1.71. The first-order valence-electron chi connectivity index (χ1n) is 9.86. The zero-order valence-corrected chi connectivity index (χ0v) is 19.3. The van der Waals surface area contributed by atoms with Gasteiger partial charge in [-0.3, -0.25) is 14.7 Å². The van der Waals surface area contributed by atoms with Gasteiger partial charge < -0.3 is 4.74 Å². The third-order valence-electron chi connectivity index (χ3n) is 5.00. The molecule has 4 aromatic rings. The predicted molar refractivity (Wildman–Crippen MR) is 128 cm³/mol. The quantitative estimate of drug-likeness (QED) is 0.348. The number of amides is 1. The van der Waals surface area contributed by atoms with E-state index >= 15 is 0 Å². The van der Waals surface area contributed by atoms with Gasteiger partial charge in [0.05, 0.1) is 30.5 Å². The maximum absolute atomic E-state index is 13.4. The van der Waals surface area contributed by atoms with Crippen molar-refractivity contribution in [1.82, 2.24) is 9.97 Å². The number of thiazole rings is 1. The number of ether oxygens (including phenoxy) is 1. The van der Waals surface area contributed by atoms with Gasteiger partial charge in [-0.05, 0) is 54.6 Å². The van der Waals surface area contributed by atoms with Crippen LogP contribution in [-0.4, -0.2) is 29.2 Å². The van der Waals surface area contributed by atoms with Crippen molar-refractivity contribution in [2.24, 2.45) is 0 Å². The Labute approximate surface area is 190 Å². The van der Waals surface area contributed by atoms with Crippen LogP contribution in [0, 0.1) is 6.92 Å². The summed E-state index contributed by atoms with van der Waals surface area (Å²) < 4.78 is 6.52. The van der Waals surface area contributed by atoms with Crippen molar-refractivity contribution in [3.63, 3.8) is 0 Å². The number of carbonyl (C=O) groups excluding carboxylic acids is 1. The fourth-order valence-electron chi connectivity index (χ4n) is 3.31. The minimum absolute atomic E-state index is 0.0155. The molecule has 0 spiro atoms.